The lowest BCUT2D eigenvalue weighted by atomic mass is 10.0. The molecule has 1 aromatic carbocycles. The van der Waals surface area contributed by atoms with Gasteiger partial charge in [0.1, 0.15) is 10.2 Å². The van der Waals surface area contributed by atoms with Crippen LogP contribution in [0.4, 0.5) is 4.39 Å². The third-order valence-corrected chi connectivity index (χ3v) is 4.11. The molecule has 7 heteroatoms. The fourth-order valence-corrected chi connectivity index (χ4v) is 3.13. The van der Waals surface area contributed by atoms with E-state index in [1.807, 2.05) is 0 Å². The summed E-state index contributed by atoms with van der Waals surface area (Å²) in [5, 5.41) is 0. The molecule has 106 valence electrons. The molecule has 0 aliphatic rings. The Kier molecular flexibility index (Phi) is 4.52. The minimum absolute atomic E-state index is 0.154. The maximum atomic E-state index is 14.0. The summed E-state index contributed by atoms with van der Waals surface area (Å²) in [7, 11) is 2.78. The van der Waals surface area contributed by atoms with Gasteiger partial charge < -0.3 is 9.47 Å². The van der Waals surface area contributed by atoms with Crippen LogP contribution >= 0.6 is 34.5 Å². The van der Waals surface area contributed by atoms with Crippen molar-refractivity contribution in [1.29, 1.82) is 0 Å². The monoisotopic (exact) mass is 334 g/mol. The second-order valence-electron chi connectivity index (χ2n) is 3.75. The van der Waals surface area contributed by atoms with E-state index in [2.05, 4.69) is 0 Å². The second kappa shape index (κ2) is 5.99. The van der Waals surface area contributed by atoms with Crippen LogP contribution in [-0.4, -0.2) is 20.0 Å². The molecule has 0 aliphatic carbocycles. The minimum Gasteiger partial charge on any atom is -0.493 e. The molecular weight excluding hydrogens is 326 g/mol. The first-order chi connectivity index (χ1) is 9.47. The smallest absolute Gasteiger partial charge is 0.198 e. The van der Waals surface area contributed by atoms with Crippen molar-refractivity contribution < 1.29 is 18.7 Å². The fourth-order valence-electron chi connectivity index (χ4n) is 1.67. The Balaban J connectivity index is 2.52. The molecule has 0 bridgehead atoms. The highest BCUT2D eigenvalue weighted by Crippen LogP contribution is 2.35. The van der Waals surface area contributed by atoms with E-state index in [1.165, 1.54) is 26.4 Å². The Labute approximate surface area is 128 Å². The maximum absolute atomic E-state index is 14.0. The standard InChI is InChI=1S/C13H9Cl2FO3S/c1-18-9-3-6(8(16)5-10(9)19-2)12(17)7-4-11(14)20-13(7)15/h3-5H,1-2H3. The predicted octanol–water partition coefficient (Wildman–Crippen LogP) is 4.44. The molecule has 2 rings (SSSR count). The lowest BCUT2D eigenvalue weighted by Gasteiger charge is -2.10. The van der Waals surface area contributed by atoms with Crippen LogP contribution < -0.4 is 9.47 Å². The normalized spacial score (nSPS) is 10.4. The van der Waals surface area contributed by atoms with Crippen molar-refractivity contribution in [2.45, 2.75) is 0 Å². The van der Waals surface area contributed by atoms with Gasteiger partial charge in [-0.25, -0.2) is 4.39 Å². The van der Waals surface area contributed by atoms with Crippen LogP contribution in [0.5, 0.6) is 11.5 Å². The Morgan fingerprint density at radius 1 is 1.10 bits per heavy atom. The maximum Gasteiger partial charge on any atom is 0.198 e. The number of rotatable bonds is 4. The van der Waals surface area contributed by atoms with Crippen molar-refractivity contribution in [3.8, 4) is 11.5 Å². The number of ketones is 1. The zero-order valence-corrected chi connectivity index (χ0v) is 12.8. The summed E-state index contributed by atoms with van der Waals surface area (Å²) >= 11 is 12.7. The molecule has 0 radical (unpaired) electrons. The second-order valence-corrected chi connectivity index (χ2v) is 6.04. The van der Waals surface area contributed by atoms with E-state index in [0.29, 0.717) is 4.34 Å². The van der Waals surface area contributed by atoms with Crippen LogP contribution in [0.2, 0.25) is 8.67 Å². The van der Waals surface area contributed by atoms with E-state index in [9.17, 15) is 9.18 Å². The SMILES string of the molecule is COc1cc(F)c(C(=O)c2cc(Cl)sc2Cl)cc1OC. The first-order valence-corrected chi connectivity index (χ1v) is 6.96. The molecule has 0 unspecified atom stereocenters. The Hall–Kier alpha value is -1.30. The zero-order valence-electron chi connectivity index (χ0n) is 10.5. The van der Waals surface area contributed by atoms with Gasteiger partial charge in [0.2, 0.25) is 0 Å². The number of halogens is 3. The molecule has 0 spiro atoms. The molecule has 1 aromatic heterocycles. The fraction of sp³-hybridized carbons (Fsp3) is 0.154. The van der Waals surface area contributed by atoms with Crippen molar-refractivity contribution in [3.63, 3.8) is 0 Å². The first kappa shape index (κ1) is 15.1. The molecule has 0 atom stereocenters. The Morgan fingerprint density at radius 2 is 1.70 bits per heavy atom. The molecule has 0 saturated heterocycles. The van der Waals surface area contributed by atoms with Gasteiger partial charge in [-0.05, 0) is 12.1 Å². The topological polar surface area (TPSA) is 35.5 Å². The van der Waals surface area contributed by atoms with Crippen molar-refractivity contribution in [1.82, 2.24) is 0 Å². The van der Waals surface area contributed by atoms with Gasteiger partial charge in [-0.2, -0.15) is 0 Å². The third kappa shape index (κ3) is 2.75. The number of hydrogen-bond acceptors (Lipinski definition) is 4. The first-order valence-electron chi connectivity index (χ1n) is 5.39. The summed E-state index contributed by atoms with van der Waals surface area (Å²) < 4.78 is 24.6. The number of hydrogen-bond donors (Lipinski definition) is 0. The number of thiophene rings is 1. The van der Waals surface area contributed by atoms with Gasteiger partial charge in [0.05, 0.1) is 29.7 Å². The van der Waals surface area contributed by atoms with Crippen LogP contribution in [0, 0.1) is 5.82 Å². The molecule has 0 fully saturated rings. The molecule has 0 aliphatic heterocycles. The van der Waals surface area contributed by atoms with E-state index in [1.54, 1.807) is 0 Å². The van der Waals surface area contributed by atoms with Crippen molar-refractivity contribution in [2.24, 2.45) is 0 Å². The highest BCUT2D eigenvalue weighted by atomic mass is 35.5. The number of ether oxygens (including phenoxy) is 2. The Bertz CT molecular complexity index is 670. The predicted molar refractivity (Wildman–Crippen MR) is 77.3 cm³/mol. The van der Waals surface area contributed by atoms with Crippen LogP contribution in [0.25, 0.3) is 0 Å². The molecule has 1 heterocycles. The van der Waals surface area contributed by atoms with Crippen LogP contribution in [0.3, 0.4) is 0 Å². The summed E-state index contributed by atoms with van der Waals surface area (Å²) in [6.45, 7) is 0. The van der Waals surface area contributed by atoms with E-state index in [4.69, 9.17) is 32.7 Å². The van der Waals surface area contributed by atoms with Crippen molar-refractivity contribution in [2.75, 3.05) is 14.2 Å². The summed E-state index contributed by atoms with van der Waals surface area (Å²) in [6.07, 6.45) is 0. The number of benzene rings is 1. The average Bonchev–Trinajstić information content (AvgIpc) is 2.76. The van der Waals surface area contributed by atoms with Gasteiger partial charge in [-0.1, -0.05) is 23.2 Å². The minimum atomic E-state index is -0.717. The van der Waals surface area contributed by atoms with Gasteiger partial charge in [0.15, 0.2) is 17.3 Å². The summed E-state index contributed by atoms with van der Waals surface area (Å²) in [5.41, 5.74) is 0.00630. The van der Waals surface area contributed by atoms with E-state index in [0.717, 1.165) is 17.4 Å². The third-order valence-electron chi connectivity index (χ3n) is 2.62. The van der Waals surface area contributed by atoms with E-state index in [-0.39, 0.29) is 27.0 Å². The largest absolute Gasteiger partial charge is 0.493 e. The van der Waals surface area contributed by atoms with Gasteiger partial charge in [-0.15, -0.1) is 11.3 Å². The number of carbonyl (C=O) groups excluding carboxylic acids is 1. The van der Waals surface area contributed by atoms with Crippen molar-refractivity contribution >= 4 is 40.3 Å². The number of carbonyl (C=O) groups is 1. The van der Waals surface area contributed by atoms with Gasteiger partial charge >= 0.3 is 0 Å². The average molecular weight is 335 g/mol. The lowest BCUT2D eigenvalue weighted by molar-refractivity contribution is 0.103. The molecule has 3 nitrogen and oxygen atoms in total. The van der Waals surface area contributed by atoms with Gasteiger partial charge in [0.25, 0.3) is 0 Å². The Morgan fingerprint density at radius 3 is 2.20 bits per heavy atom. The van der Waals surface area contributed by atoms with Crippen LogP contribution in [-0.2, 0) is 0 Å². The van der Waals surface area contributed by atoms with E-state index >= 15 is 0 Å². The number of methoxy groups -OCH3 is 2. The van der Waals surface area contributed by atoms with Crippen molar-refractivity contribution in [3.05, 3.63) is 43.8 Å². The van der Waals surface area contributed by atoms with Gasteiger partial charge in [0, 0.05) is 6.07 Å². The molecule has 20 heavy (non-hydrogen) atoms. The van der Waals surface area contributed by atoms with Gasteiger partial charge in [-0.3, -0.25) is 4.79 Å². The summed E-state index contributed by atoms with van der Waals surface area (Å²) in [4.78, 5) is 12.3. The molecule has 0 amide bonds. The van der Waals surface area contributed by atoms with Crippen LogP contribution in [0.15, 0.2) is 18.2 Å². The molecule has 0 saturated carbocycles. The molecule has 2 aromatic rings. The summed E-state index contributed by atoms with van der Waals surface area (Å²) in [6, 6.07) is 3.78. The zero-order chi connectivity index (χ0) is 14.9. The van der Waals surface area contributed by atoms with E-state index < -0.39 is 11.6 Å². The molecular formula is C13H9Cl2FO3S. The quantitative estimate of drug-likeness (QED) is 0.775. The highest BCUT2D eigenvalue weighted by Gasteiger charge is 2.22. The summed E-state index contributed by atoms with van der Waals surface area (Å²) in [5.74, 6) is -0.812. The molecule has 0 N–H and O–H groups in total. The lowest BCUT2D eigenvalue weighted by Crippen LogP contribution is -2.05. The highest BCUT2D eigenvalue weighted by molar-refractivity contribution is 7.20. The van der Waals surface area contributed by atoms with Crippen LogP contribution in [0.1, 0.15) is 15.9 Å².